The zero-order valence-corrected chi connectivity index (χ0v) is 11.5. The molecule has 1 fully saturated rings. The Balaban J connectivity index is 2.38. The molecule has 0 saturated heterocycles. The quantitative estimate of drug-likeness (QED) is 0.697. The van der Waals surface area contributed by atoms with Crippen molar-refractivity contribution in [3.8, 4) is 0 Å². The second kappa shape index (κ2) is 6.69. The number of aliphatic hydroxyl groups is 1. The van der Waals surface area contributed by atoms with Crippen LogP contribution < -0.4 is 5.32 Å². The van der Waals surface area contributed by atoms with Gasteiger partial charge in [0.1, 0.15) is 0 Å². The van der Waals surface area contributed by atoms with Gasteiger partial charge in [0.25, 0.3) is 0 Å². The van der Waals surface area contributed by atoms with Gasteiger partial charge in [0.15, 0.2) is 6.29 Å². The van der Waals surface area contributed by atoms with E-state index in [1.54, 1.807) is 14.2 Å². The molecule has 2 N–H and O–H groups in total. The number of hydrogen-bond donors (Lipinski definition) is 2. The van der Waals surface area contributed by atoms with Gasteiger partial charge in [-0.15, -0.1) is 0 Å². The molecule has 0 spiro atoms. The van der Waals surface area contributed by atoms with Crippen LogP contribution in [0.5, 0.6) is 0 Å². The van der Waals surface area contributed by atoms with Gasteiger partial charge in [-0.3, -0.25) is 0 Å². The zero-order chi connectivity index (χ0) is 12.9. The fourth-order valence-corrected chi connectivity index (χ4v) is 2.74. The van der Waals surface area contributed by atoms with Gasteiger partial charge in [0.05, 0.1) is 11.6 Å². The summed E-state index contributed by atoms with van der Waals surface area (Å²) in [5, 5.41) is 13.8. The third-order valence-corrected chi connectivity index (χ3v) is 3.69. The van der Waals surface area contributed by atoms with Crippen molar-refractivity contribution in [3.05, 3.63) is 0 Å². The van der Waals surface area contributed by atoms with E-state index in [-0.39, 0.29) is 12.3 Å². The van der Waals surface area contributed by atoms with Crippen molar-refractivity contribution in [1.82, 2.24) is 5.32 Å². The molecular weight excluding hydrogens is 218 g/mol. The number of hydrogen-bond acceptors (Lipinski definition) is 4. The van der Waals surface area contributed by atoms with Crippen LogP contribution in [0.1, 0.15) is 39.5 Å². The molecule has 0 aromatic rings. The van der Waals surface area contributed by atoms with E-state index in [1.807, 2.05) is 6.92 Å². The predicted molar refractivity (Wildman–Crippen MR) is 67.9 cm³/mol. The molecule has 4 nitrogen and oxygen atoms in total. The molecule has 1 rings (SSSR count). The summed E-state index contributed by atoms with van der Waals surface area (Å²) in [5.41, 5.74) is -0.558. The molecule has 3 atom stereocenters. The smallest absolute Gasteiger partial charge is 0.171 e. The third-order valence-electron chi connectivity index (χ3n) is 3.69. The second-order valence-electron chi connectivity index (χ2n) is 5.44. The molecule has 1 aliphatic carbocycles. The molecular formula is C13H27NO3. The van der Waals surface area contributed by atoms with Gasteiger partial charge in [-0.05, 0) is 25.7 Å². The molecule has 1 saturated carbocycles. The molecule has 1 aliphatic rings. The van der Waals surface area contributed by atoms with Crippen molar-refractivity contribution in [2.24, 2.45) is 5.92 Å². The summed E-state index contributed by atoms with van der Waals surface area (Å²) in [6, 6.07) is 0.0752. The standard InChI is InChI=1S/C13H27NO3/c1-10-6-5-7-13(15,8-10)9-14-11(2)12(16-3)17-4/h10-12,14-15H,5-9H2,1-4H3. The minimum Gasteiger partial charge on any atom is -0.389 e. The topological polar surface area (TPSA) is 50.7 Å². The summed E-state index contributed by atoms with van der Waals surface area (Å²) < 4.78 is 10.4. The normalized spacial score (nSPS) is 31.8. The Morgan fingerprint density at radius 3 is 2.59 bits per heavy atom. The Morgan fingerprint density at radius 2 is 2.06 bits per heavy atom. The zero-order valence-electron chi connectivity index (χ0n) is 11.5. The highest BCUT2D eigenvalue weighted by Crippen LogP contribution is 2.31. The van der Waals surface area contributed by atoms with Gasteiger partial charge < -0.3 is 19.9 Å². The van der Waals surface area contributed by atoms with Crippen LogP contribution in [0.25, 0.3) is 0 Å². The maximum atomic E-state index is 10.5. The Bertz CT molecular complexity index is 221. The van der Waals surface area contributed by atoms with E-state index in [0.29, 0.717) is 12.5 Å². The lowest BCUT2D eigenvalue weighted by Crippen LogP contribution is -2.49. The van der Waals surface area contributed by atoms with Crippen molar-refractivity contribution in [1.29, 1.82) is 0 Å². The maximum absolute atomic E-state index is 10.5. The van der Waals surface area contributed by atoms with Crippen LogP contribution in [-0.4, -0.2) is 43.8 Å². The van der Waals surface area contributed by atoms with Gasteiger partial charge in [0, 0.05) is 20.8 Å². The lowest BCUT2D eigenvalue weighted by Gasteiger charge is -2.37. The number of nitrogens with one attached hydrogen (secondary N) is 1. The van der Waals surface area contributed by atoms with Gasteiger partial charge in [-0.2, -0.15) is 0 Å². The van der Waals surface area contributed by atoms with Crippen molar-refractivity contribution >= 4 is 0 Å². The number of rotatable bonds is 6. The minimum atomic E-state index is -0.558. The minimum absolute atomic E-state index is 0.0752. The molecule has 0 aliphatic heterocycles. The average molecular weight is 245 g/mol. The van der Waals surface area contributed by atoms with E-state index < -0.39 is 5.60 Å². The molecule has 102 valence electrons. The number of ether oxygens (including phenoxy) is 2. The molecule has 0 aromatic heterocycles. The Kier molecular flexibility index (Phi) is 5.86. The van der Waals surface area contributed by atoms with Gasteiger partial charge in [0.2, 0.25) is 0 Å². The van der Waals surface area contributed by atoms with Crippen LogP contribution in [0.2, 0.25) is 0 Å². The largest absolute Gasteiger partial charge is 0.389 e. The first kappa shape index (κ1) is 14.9. The van der Waals surface area contributed by atoms with E-state index in [1.165, 1.54) is 6.42 Å². The van der Waals surface area contributed by atoms with E-state index in [9.17, 15) is 5.11 Å². The fourth-order valence-electron chi connectivity index (χ4n) is 2.74. The third kappa shape index (κ3) is 4.54. The van der Waals surface area contributed by atoms with Crippen LogP contribution >= 0.6 is 0 Å². The summed E-state index contributed by atoms with van der Waals surface area (Å²) >= 11 is 0. The predicted octanol–water partition coefficient (Wildman–Crippen LogP) is 1.52. The molecule has 17 heavy (non-hydrogen) atoms. The summed E-state index contributed by atoms with van der Waals surface area (Å²) in [4.78, 5) is 0. The summed E-state index contributed by atoms with van der Waals surface area (Å²) in [6.45, 7) is 4.83. The molecule has 0 radical (unpaired) electrons. The monoisotopic (exact) mass is 245 g/mol. The van der Waals surface area contributed by atoms with Crippen molar-refractivity contribution in [2.75, 3.05) is 20.8 Å². The highest BCUT2D eigenvalue weighted by atomic mass is 16.7. The lowest BCUT2D eigenvalue weighted by molar-refractivity contribution is -0.123. The summed E-state index contributed by atoms with van der Waals surface area (Å²) in [5.74, 6) is 0.617. The first-order valence-electron chi connectivity index (χ1n) is 6.52. The Morgan fingerprint density at radius 1 is 1.41 bits per heavy atom. The lowest BCUT2D eigenvalue weighted by atomic mass is 9.79. The molecule has 3 unspecified atom stereocenters. The molecule has 0 amide bonds. The van der Waals surface area contributed by atoms with Crippen LogP contribution in [0, 0.1) is 5.92 Å². The van der Waals surface area contributed by atoms with Crippen LogP contribution in [0.15, 0.2) is 0 Å². The first-order chi connectivity index (χ1) is 8.00. The van der Waals surface area contributed by atoms with Crippen LogP contribution in [0.4, 0.5) is 0 Å². The van der Waals surface area contributed by atoms with E-state index >= 15 is 0 Å². The van der Waals surface area contributed by atoms with Crippen LogP contribution in [-0.2, 0) is 9.47 Å². The van der Waals surface area contributed by atoms with Gasteiger partial charge in [-0.25, -0.2) is 0 Å². The Hall–Kier alpha value is -0.160. The second-order valence-corrected chi connectivity index (χ2v) is 5.44. The van der Waals surface area contributed by atoms with Gasteiger partial charge in [-0.1, -0.05) is 19.8 Å². The average Bonchev–Trinajstić information content (AvgIpc) is 2.28. The molecule has 0 bridgehead atoms. The summed E-state index contributed by atoms with van der Waals surface area (Å²) in [7, 11) is 3.26. The van der Waals surface area contributed by atoms with Crippen LogP contribution in [0.3, 0.4) is 0 Å². The van der Waals surface area contributed by atoms with Crippen molar-refractivity contribution in [2.45, 2.75) is 57.5 Å². The van der Waals surface area contributed by atoms with Gasteiger partial charge >= 0.3 is 0 Å². The maximum Gasteiger partial charge on any atom is 0.171 e. The molecule has 0 heterocycles. The van der Waals surface area contributed by atoms with E-state index in [0.717, 1.165) is 19.3 Å². The number of methoxy groups -OCH3 is 2. The molecule has 0 aromatic carbocycles. The highest BCUT2D eigenvalue weighted by Gasteiger charge is 2.33. The SMILES string of the molecule is COC(OC)C(C)NCC1(O)CCCC(C)C1. The van der Waals surface area contributed by atoms with E-state index in [2.05, 4.69) is 12.2 Å². The first-order valence-corrected chi connectivity index (χ1v) is 6.52. The van der Waals surface area contributed by atoms with Crippen molar-refractivity contribution in [3.63, 3.8) is 0 Å². The van der Waals surface area contributed by atoms with E-state index in [4.69, 9.17) is 9.47 Å². The molecule has 4 heteroatoms. The van der Waals surface area contributed by atoms with Crippen molar-refractivity contribution < 1.29 is 14.6 Å². The fraction of sp³-hybridized carbons (Fsp3) is 1.00. The summed E-state index contributed by atoms with van der Waals surface area (Å²) in [6.07, 6.45) is 3.86. The Labute approximate surface area is 105 Å². The highest BCUT2D eigenvalue weighted by molar-refractivity contribution is 4.88.